The highest BCUT2D eigenvalue weighted by molar-refractivity contribution is 6.04. The van der Waals surface area contributed by atoms with Gasteiger partial charge in [0.1, 0.15) is 11.7 Å². The van der Waals surface area contributed by atoms with E-state index in [2.05, 4.69) is 50.7 Å². The van der Waals surface area contributed by atoms with Crippen LogP contribution >= 0.6 is 0 Å². The molecule has 0 unspecified atom stereocenters. The summed E-state index contributed by atoms with van der Waals surface area (Å²) in [5.41, 5.74) is 10.8. The molecule has 2 saturated carbocycles. The lowest BCUT2D eigenvalue weighted by atomic mass is 9.53. The molecule has 1 aromatic heterocycles. The molecule has 6 N–H and O–H groups in total. The Bertz CT molecular complexity index is 1020. The van der Waals surface area contributed by atoms with Gasteiger partial charge in [-0.3, -0.25) is 4.99 Å². The van der Waals surface area contributed by atoms with Crippen LogP contribution in [0.5, 0.6) is 0 Å². The lowest BCUT2D eigenvalue weighted by molar-refractivity contribution is -0.0868. The molecule has 1 aliphatic heterocycles. The van der Waals surface area contributed by atoms with Crippen molar-refractivity contribution in [2.24, 2.45) is 10.4 Å². The van der Waals surface area contributed by atoms with Gasteiger partial charge in [-0.1, -0.05) is 18.7 Å². The van der Waals surface area contributed by atoms with Gasteiger partial charge in [-0.05, 0) is 72.9 Å². The lowest BCUT2D eigenvalue weighted by Gasteiger charge is -2.56. The maximum atomic E-state index is 9.58. The van der Waals surface area contributed by atoms with E-state index in [0.29, 0.717) is 35.3 Å². The van der Waals surface area contributed by atoms with E-state index >= 15 is 0 Å². The summed E-state index contributed by atoms with van der Waals surface area (Å²) in [5.74, 6) is 2.01. The molecule has 0 radical (unpaired) electrons. The molecule has 2 fully saturated rings. The van der Waals surface area contributed by atoms with Crippen molar-refractivity contribution in [2.45, 2.75) is 50.8 Å². The van der Waals surface area contributed by atoms with Crippen LogP contribution in [-0.4, -0.2) is 34.6 Å². The van der Waals surface area contributed by atoms with E-state index < -0.39 is 0 Å². The molecule has 7 heteroatoms. The number of hydrogen-bond acceptors (Lipinski definition) is 6. The van der Waals surface area contributed by atoms with Gasteiger partial charge >= 0.3 is 0 Å². The molecule has 1 spiro atoms. The quantitative estimate of drug-likeness (QED) is 0.363. The second-order valence-electron chi connectivity index (χ2n) is 9.14. The van der Waals surface area contributed by atoms with E-state index in [1.807, 2.05) is 12.1 Å². The molecule has 31 heavy (non-hydrogen) atoms. The first-order chi connectivity index (χ1) is 15.0. The van der Waals surface area contributed by atoms with Crippen LogP contribution in [0.2, 0.25) is 0 Å². The summed E-state index contributed by atoms with van der Waals surface area (Å²) in [4.78, 5) is 9.31. The van der Waals surface area contributed by atoms with Gasteiger partial charge in [0.2, 0.25) is 0 Å². The van der Waals surface area contributed by atoms with Gasteiger partial charge in [-0.15, -0.1) is 0 Å². The zero-order valence-electron chi connectivity index (χ0n) is 17.7. The lowest BCUT2D eigenvalue weighted by Crippen LogP contribution is -2.54. The number of rotatable bonds is 6. The highest BCUT2D eigenvalue weighted by Gasteiger charge is 2.52. The zero-order chi connectivity index (χ0) is 21.4. The molecule has 2 aromatic rings. The van der Waals surface area contributed by atoms with Crippen LogP contribution < -0.4 is 21.7 Å². The van der Waals surface area contributed by atoms with E-state index in [4.69, 9.17) is 5.73 Å². The first-order valence-electron chi connectivity index (χ1n) is 11.0. The molecule has 0 bridgehead atoms. The summed E-state index contributed by atoms with van der Waals surface area (Å²) in [7, 11) is 0. The van der Waals surface area contributed by atoms with Crippen LogP contribution in [-0.2, 0) is 13.0 Å². The first kappa shape index (κ1) is 19.9. The number of anilines is 4. The minimum Gasteiger partial charge on any atom is -0.396 e. The Balaban J connectivity index is 1.22. The van der Waals surface area contributed by atoms with Gasteiger partial charge in [0.15, 0.2) is 5.82 Å². The van der Waals surface area contributed by atoms with Crippen molar-refractivity contribution >= 4 is 28.8 Å². The third-order valence-electron chi connectivity index (χ3n) is 6.73. The number of aliphatic hydroxyl groups excluding tert-OH is 1. The van der Waals surface area contributed by atoms with Gasteiger partial charge in [-0.25, -0.2) is 4.98 Å². The SMILES string of the molecule is C=CC(=NCc1ccc2c(c1)NCC2)Nc1nc(NC2CC3(CC(O)C3)C2)ccc1N. The standard InChI is InChI=1S/C24H30N6O/c1-2-21(27-14-15-3-4-16-7-8-26-20(16)9-15)29-23-19(25)5-6-22(30-23)28-17-10-24(11-17)12-18(31)13-24/h2-6,9,17-18,26,31H,1,7-8,10-14,25H2,(H2,27,28,29,30). The van der Waals surface area contributed by atoms with Crippen LogP contribution in [0.25, 0.3) is 0 Å². The minimum atomic E-state index is -0.101. The van der Waals surface area contributed by atoms with Crippen molar-refractivity contribution in [3.63, 3.8) is 0 Å². The van der Waals surface area contributed by atoms with Gasteiger partial charge in [0, 0.05) is 18.3 Å². The van der Waals surface area contributed by atoms with E-state index in [1.54, 1.807) is 6.08 Å². The van der Waals surface area contributed by atoms with Gasteiger partial charge in [0.05, 0.1) is 18.3 Å². The summed E-state index contributed by atoms with van der Waals surface area (Å²) in [6.07, 6.45) is 6.72. The summed E-state index contributed by atoms with van der Waals surface area (Å²) in [6, 6.07) is 10.6. The average molecular weight is 419 g/mol. The average Bonchev–Trinajstić information content (AvgIpc) is 3.18. The smallest absolute Gasteiger partial charge is 0.157 e. The molecule has 1 aromatic carbocycles. The number of aromatic nitrogens is 1. The van der Waals surface area contributed by atoms with Gasteiger partial charge < -0.3 is 26.8 Å². The number of nitrogens with zero attached hydrogens (tertiary/aromatic N) is 2. The van der Waals surface area contributed by atoms with Crippen molar-refractivity contribution in [1.29, 1.82) is 0 Å². The molecule has 3 aliphatic rings. The van der Waals surface area contributed by atoms with Crippen molar-refractivity contribution in [2.75, 3.05) is 28.2 Å². The molecule has 0 saturated heterocycles. The number of fused-ring (bicyclic) bond motifs is 1. The van der Waals surface area contributed by atoms with E-state index in [1.165, 1.54) is 11.3 Å². The van der Waals surface area contributed by atoms with Crippen LogP contribution in [0, 0.1) is 5.41 Å². The second kappa shape index (κ2) is 7.89. The number of aliphatic imine (C=N–C) groups is 1. The Hall–Kier alpha value is -3.06. The molecule has 7 nitrogen and oxygen atoms in total. The number of hydrogen-bond donors (Lipinski definition) is 5. The fraction of sp³-hybridized carbons (Fsp3) is 0.417. The highest BCUT2D eigenvalue weighted by Crippen LogP contribution is 2.56. The number of nitrogens with two attached hydrogens (primary N) is 1. The molecule has 0 amide bonds. The maximum absolute atomic E-state index is 9.58. The Morgan fingerprint density at radius 1 is 1.29 bits per heavy atom. The molecule has 2 aliphatic carbocycles. The molecule has 162 valence electrons. The van der Waals surface area contributed by atoms with Crippen LogP contribution in [0.15, 0.2) is 48.0 Å². The summed E-state index contributed by atoms with van der Waals surface area (Å²) < 4.78 is 0. The fourth-order valence-electron chi connectivity index (χ4n) is 5.11. The first-order valence-corrected chi connectivity index (χ1v) is 11.0. The molecular formula is C24H30N6O. The summed E-state index contributed by atoms with van der Waals surface area (Å²) in [6.45, 7) is 5.43. The number of benzene rings is 1. The number of nitrogen functional groups attached to an aromatic ring is 1. The third kappa shape index (κ3) is 4.10. The molecule has 2 heterocycles. The number of nitrogens with one attached hydrogen (secondary N) is 3. The predicted molar refractivity (Wildman–Crippen MR) is 127 cm³/mol. The Morgan fingerprint density at radius 3 is 2.90 bits per heavy atom. The van der Waals surface area contributed by atoms with E-state index in [0.717, 1.165) is 50.0 Å². The van der Waals surface area contributed by atoms with Crippen molar-refractivity contribution in [3.8, 4) is 0 Å². The van der Waals surface area contributed by atoms with E-state index in [-0.39, 0.29) is 6.10 Å². The predicted octanol–water partition coefficient (Wildman–Crippen LogP) is 3.54. The van der Waals surface area contributed by atoms with Crippen LogP contribution in [0.3, 0.4) is 0 Å². The largest absolute Gasteiger partial charge is 0.396 e. The molecule has 0 atom stereocenters. The number of pyridine rings is 1. The number of aliphatic hydroxyl groups is 1. The van der Waals surface area contributed by atoms with Crippen molar-refractivity contribution in [3.05, 3.63) is 54.1 Å². The Morgan fingerprint density at radius 2 is 2.13 bits per heavy atom. The maximum Gasteiger partial charge on any atom is 0.157 e. The molecule has 5 rings (SSSR count). The summed E-state index contributed by atoms with van der Waals surface area (Å²) >= 11 is 0. The number of amidine groups is 1. The third-order valence-corrected chi connectivity index (χ3v) is 6.73. The molecular weight excluding hydrogens is 388 g/mol. The zero-order valence-corrected chi connectivity index (χ0v) is 17.7. The Labute approximate surface area is 182 Å². The second-order valence-corrected chi connectivity index (χ2v) is 9.14. The topological polar surface area (TPSA) is 108 Å². The normalized spacial score (nSPS) is 26.4. The highest BCUT2D eigenvalue weighted by atomic mass is 16.3. The van der Waals surface area contributed by atoms with Gasteiger partial charge in [-0.2, -0.15) is 0 Å². The van der Waals surface area contributed by atoms with Crippen LogP contribution in [0.1, 0.15) is 36.8 Å². The monoisotopic (exact) mass is 418 g/mol. The Kier molecular flexibility index (Phi) is 5.06. The fourth-order valence-corrected chi connectivity index (χ4v) is 5.11. The minimum absolute atomic E-state index is 0.101. The van der Waals surface area contributed by atoms with Gasteiger partial charge in [0.25, 0.3) is 0 Å². The van der Waals surface area contributed by atoms with Crippen molar-refractivity contribution in [1.82, 2.24) is 4.98 Å². The van der Waals surface area contributed by atoms with Crippen molar-refractivity contribution < 1.29 is 5.11 Å². The summed E-state index contributed by atoms with van der Waals surface area (Å²) in [5, 5.41) is 19.7. The van der Waals surface area contributed by atoms with Crippen LogP contribution in [0.4, 0.5) is 23.0 Å². The van der Waals surface area contributed by atoms with E-state index in [9.17, 15) is 5.11 Å².